The Morgan fingerprint density at radius 3 is 2.93 bits per heavy atom. The average Bonchev–Trinajstić information content (AvgIpc) is 2.15. The summed E-state index contributed by atoms with van der Waals surface area (Å²) in [4.78, 5) is 11.4. The molecular weight excluding hydrogens is 192 g/mol. The van der Waals surface area contributed by atoms with Gasteiger partial charge in [-0.3, -0.25) is 4.79 Å². The summed E-state index contributed by atoms with van der Waals surface area (Å²) in [6.07, 6.45) is -0.229. The van der Waals surface area contributed by atoms with Gasteiger partial charge in [0.25, 0.3) is 0 Å². The molecule has 0 heterocycles. The van der Waals surface area contributed by atoms with Gasteiger partial charge in [-0.25, -0.2) is 0 Å². The summed E-state index contributed by atoms with van der Waals surface area (Å²) in [5.41, 5.74) is 7.11. The SMILES string of the molecule is C[C@H](O)CNC(=O)Cc1cccc(N)c1. The van der Waals surface area contributed by atoms with Crippen LogP contribution in [0.5, 0.6) is 0 Å². The first-order valence-corrected chi connectivity index (χ1v) is 4.87. The van der Waals surface area contributed by atoms with Crippen LogP contribution in [0, 0.1) is 0 Å². The van der Waals surface area contributed by atoms with Crippen molar-refractivity contribution in [2.45, 2.75) is 19.4 Å². The highest BCUT2D eigenvalue weighted by Crippen LogP contribution is 2.06. The molecule has 0 bridgehead atoms. The highest BCUT2D eigenvalue weighted by Gasteiger charge is 2.04. The van der Waals surface area contributed by atoms with Crippen LogP contribution in [-0.4, -0.2) is 23.7 Å². The van der Waals surface area contributed by atoms with E-state index in [1.807, 2.05) is 12.1 Å². The maximum Gasteiger partial charge on any atom is 0.224 e. The van der Waals surface area contributed by atoms with Gasteiger partial charge >= 0.3 is 0 Å². The third kappa shape index (κ3) is 4.46. The van der Waals surface area contributed by atoms with Crippen LogP contribution in [0.3, 0.4) is 0 Å². The molecule has 1 aromatic rings. The highest BCUT2D eigenvalue weighted by atomic mass is 16.3. The summed E-state index contributed by atoms with van der Waals surface area (Å²) in [6.45, 7) is 1.90. The van der Waals surface area contributed by atoms with Gasteiger partial charge in [0.2, 0.25) is 5.91 Å². The summed E-state index contributed by atoms with van der Waals surface area (Å²) >= 11 is 0. The van der Waals surface area contributed by atoms with E-state index in [0.717, 1.165) is 5.56 Å². The molecule has 0 aliphatic carbocycles. The van der Waals surface area contributed by atoms with Crippen LogP contribution in [0.15, 0.2) is 24.3 Å². The van der Waals surface area contributed by atoms with Crippen LogP contribution in [0.4, 0.5) is 5.69 Å². The lowest BCUT2D eigenvalue weighted by molar-refractivity contribution is -0.120. The first kappa shape index (κ1) is 11.5. The van der Waals surface area contributed by atoms with Crippen molar-refractivity contribution in [3.8, 4) is 0 Å². The number of nitrogens with two attached hydrogens (primary N) is 1. The normalized spacial score (nSPS) is 12.1. The molecule has 0 saturated heterocycles. The Labute approximate surface area is 89.1 Å². The average molecular weight is 208 g/mol. The zero-order valence-electron chi connectivity index (χ0n) is 8.73. The van der Waals surface area contributed by atoms with Gasteiger partial charge in [-0.05, 0) is 24.6 Å². The van der Waals surface area contributed by atoms with Crippen molar-refractivity contribution >= 4 is 11.6 Å². The highest BCUT2D eigenvalue weighted by molar-refractivity contribution is 5.78. The van der Waals surface area contributed by atoms with Gasteiger partial charge in [-0.2, -0.15) is 0 Å². The Bertz CT molecular complexity index is 337. The molecule has 1 atom stereocenters. The molecule has 4 N–H and O–H groups in total. The second-order valence-electron chi connectivity index (χ2n) is 3.57. The maximum atomic E-state index is 11.4. The summed E-state index contributed by atoms with van der Waals surface area (Å²) in [5.74, 6) is -0.110. The van der Waals surface area contributed by atoms with E-state index in [1.54, 1.807) is 19.1 Å². The number of aliphatic hydroxyl groups is 1. The minimum absolute atomic E-state index is 0.110. The topological polar surface area (TPSA) is 75.3 Å². The largest absolute Gasteiger partial charge is 0.399 e. The first-order valence-electron chi connectivity index (χ1n) is 4.87. The number of amides is 1. The minimum Gasteiger partial charge on any atom is -0.399 e. The molecule has 0 spiro atoms. The molecule has 1 amide bonds. The first-order chi connectivity index (χ1) is 7.08. The molecule has 0 saturated carbocycles. The van der Waals surface area contributed by atoms with Crippen LogP contribution in [0.1, 0.15) is 12.5 Å². The fourth-order valence-corrected chi connectivity index (χ4v) is 1.21. The number of carbonyl (C=O) groups is 1. The lowest BCUT2D eigenvalue weighted by atomic mass is 10.1. The van der Waals surface area contributed by atoms with Crippen molar-refractivity contribution in [3.05, 3.63) is 29.8 Å². The molecule has 0 fully saturated rings. The van der Waals surface area contributed by atoms with Gasteiger partial charge in [0.15, 0.2) is 0 Å². The predicted octanol–water partition coefficient (Wildman–Crippen LogP) is 0.308. The fourth-order valence-electron chi connectivity index (χ4n) is 1.21. The van der Waals surface area contributed by atoms with Crippen molar-refractivity contribution < 1.29 is 9.90 Å². The monoisotopic (exact) mass is 208 g/mol. The van der Waals surface area contributed by atoms with Gasteiger partial charge in [0, 0.05) is 12.2 Å². The van der Waals surface area contributed by atoms with Gasteiger partial charge in [0.05, 0.1) is 12.5 Å². The third-order valence-corrected chi connectivity index (χ3v) is 1.91. The number of aliphatic hydroxyl groups excluding tert-OH is 1. The zero-order chi connectivity index (χ0) is 11.3. The summed E-state index contributed by atoms with van der Waals surface area (Å²) in [7, 11) is 0. The number of hydrogen-bond acceptors (Lipinski definition) is 3. The van der Waals surface area contributed by atoms with E-state index < -0.39 is 6.10 Å². The van der Waals surface area contributed by atoms with Gasteiger partial charge in [-0.1, -0.05) is 12.1 Å². The fraction of sp³-hybridized carbons (Fsp3) is 0.364. The number of nitrogens with one attached hydrogen (secondary N) is 1. The van der Waals surface area contributed by atoms with E-state index in [-0.39, 0.29) is 18.9 Å². The molecule has 0 aromatic heterocycles. The molecule has 15 heavy (non-hydrogen) atoms. The number of benzene rings is 1. The molecule has 4 nitrogen and oxygen atoms in total. The molecule has 82 valence electrons. The molecule has 1 rings (SSSR count). The standard InChI is InChI=1S/C11H16N2O2/c1-8(14)7-13-11(15)6-9-3-2-4-10(12)5-9/h2-5,8,14H,6-7,12H2,1H3,(H,13,15)/t8-/m0/s1. The quantitative estimate of drug-likeness (QED) is 0.623. The number of nitrogen functional groups attached to an aromatic ring is 1. The minimum atomic E-state index is -0.519. The van der Waals surface area contributed by atoms with Gasteiger partial charge < -0.3 is 16.2 Å². The van der Waals surface area contributed by atoms with Crippen molar-refractivity contribution in [2.75, 3.05) is 12.3 Å². The van der Waals surface area contributed by atoms with Gasteiger partial charge in [-0.15, -0.1) is 0 Å². The summed E-state index contributed by atoms with van der Waals surface area (Å²) in [6, 6.07) is 7.20. The maximum absolute atomic E-state index is 11.4. The van der Waals surface area contributed by atoms with Crippen LogP contribution in [0.25, 0.3) is 0 Å². The number of hydrogen-bond donors (Lipinski definition) is 3. The number of rotatable bonds is 4. The molecule has 4 heteroatoms. The number of anilines is 1. The Hall–Kier alpha value is -1.55. The van der Waals surface area contributed by atoms with Crippen molar-refractivity contribution in [1.29, 1.82) is 0 Å². The van der Waals surface area contributed by atoms with E-state index in [0.29, 0.717) is 5.69 Å². The van der Waals surface area contributed by atoms with Crippen molar-refractivity contribution in [2.24, 2.45) is 0 Å². The van der Waals surface area contributed by atoms with E-state index in [1.165, 1.54) is 0 Å². The number of carbonyl (C=O) groups excluding carboxylic acids is 1. The Kier molecular flexibility index (Phi) is 4.12. The lowest BCUT2D eigenvalue weighted by Gasteiger charge is -2.07. The molecular formula is C11H16N2O2. The second-order valence-corrected chi connectivity index (χ2v) is 3.57. The Balaban J connectivity index is 2.44. The van der Waals surface area contributed by atoms with Crippen LogP contribution in [-0.2, 0) is 11.2 Å². The molecule has 0 unspecified atom stereocenters. The molecule has 0 aliphatic heterocycles. The van der Waals surface area contributed by atoms with E-state index in [2.05, 4.69) is 5.32 Å². The van der Waals surface area contributed by atoms with Gasteiger partial charge in [0.1, 0.15) is 0 Å². The Morgan fingerprint density at radius 1 is 1.60 bits per heavy atom. The van der Waals surface area contributed by atoms with E-state index in [9.17, 15) is 4.79 Å². The van der Waals surface area contributed by atoms with Crippen LogP contribution in [0.2, 0.25) is 0 Å². The molecule has 0 aliphatic rings. The Morgan fingerprint density at radius 2 is 2.33 bits per heavy atom. The molecule has 1 aromatic carbocycles. The van der Waals surface area contributed by atoms with E-state index in [4.69, 9.17) is 10.8 Å². The lowest BCUT2D eigenvalue weighted by Crippen LogP contribution is -2.31. The smallest absolute Gasteiger partial charge is 0.224 e. The third-order valence-electron chi connectivity index (χ3n) is 1.91. The summed E-state index contributed by atoms with van der Waals surface area (Å²) in [5, 5.41) is 11.6. The second kappa shape index (κ2) is 5.36. The molecule has 0 radical (unpaired) electrons. The van der Waals surface area contributed by atoms with Crippen LogP contribution < -0.4 is 11.1 Å². The van der Waals surface area contributed by atoms with Crippen LogP contribution >= 0.6 is 0 Å². The predicted molar refractivity (Wildman–Crippen MR) is 59.2 cm³/mol. The zero-order valence-corrected chi connectivity index (χ0v) is 8.73. The van der Waals surface area contributed by atoms with Crippen molar-refractivity contribution in [1.82, 2.24) is 5.32 Å². The van der Waals surface area contributed by atoms with E-state index >= 15 is 0 Å². The summed E-state index contributed by atoms with van der Waals surface area (Å²) < 4.78 is 0. The van der Waals surface area contributed by atoms with Crippen molar-refractivity contribution in [3.63, 3.8) is 0 Å².